The molecule has 0 radical (unpaired) electrons. The molecule has 3 aromatic heterocycles. The fourth-order valence-corrected chi connectivity index (χ4v) is 3.28. The normalized spacial score (nSPS) is 16.2. The summed E-state index contributed by atoms with van der Waals surface area (Å²) in [4.78, 5) is 19.0. The van der Waals surface area contributed by atoms with Gasteiger partial charge in [-0.25, -0.2) is 14.2 Å². The second-order valence-electron chi connectivity index (χ2n) is 6.90. The van der Waals surface area contributed by atoms with E-state index in [2.05, 4.69) is 34.7 Å². The fourth-order valence-electron chi connectivity index (χ4n) is 3.28. The first-order valence-electron chi connectivity index (χ1n) is 9.53. The van der Waals surface area contributed by atoms with Crippen molar-refractivity contribution in [1.29, 1.82) is 10.5 Å². The summed E-state index contributed by atoms with van der Waals surface area (Å²) >= 11 is 0. The highest BCUT2D eigenvalue weighted by Gasteiger charge is 2.44. The van der Waals surface area contributed by atoms with Crippen LogP contribution in [0.3, 0.4) is 0 Å². The Bertz CT molecular complexity index is 1620. The van der Waals surface area contributed by atoms with Gasteiger partial charge in [0.1, 0.15) is 29.2 Å². The topological polar surface area (TPSA) is 129 Å². The van der Waals surface area contributed by atoms with Crippen LogP contribution in [0.5, 0.6) is 0 Å². The summed E-state index contributed by atoms with van der Waals surface area (Å²) in [6, 6.07) is 2.51. The molecule has 0 spiro atoms. The third kappa shape index (κ3) is 4.38. The van der Waals surface area contributed by atoms with E-state index >= 15 is 0 Å². The lowest BCUT2D eigenvalue weighted by Gasteiger charge is -2.01. The van der Waals surface area contributed by atoms with Gasteiger partial charge in [0.2, 0.25) is 17.3 Å². The van der Waals surface area contributed by atoms with Crippen molar-refractivity contribution in [3.8, 4) is 12.1 Å². The van der Waals surface area contributed by atoms with Crippen molar-refractivity contribution in [2.24, 2.45) is 0 Å². The molecule has 1 aliphatic carbocycles. The van der Waals surface area contributed by atoms with E-state index in [1.807, 2.05) is 0 Å². The molecule has 1 aliphatic rings. The average molecular weight is 549 g/mol. The van der Waals surface area contributed by atoms with E-state index in [9.17, 15) is 50.0 Å². The Hall–Kier alpha value is -5.70. The molecule has 3 aromatic rings. The van der Waals surface area contributed by atoms with Gasteiger partial charge in [0.15, 0.2) is 5.82 Å². The summed E-state index contributed by atoms with van der Waals surface area (Å²) in [5.74, 6) is -12.4. The number of hydrogen-bond donors (Lipinski definition) is 0. The molecule has 0 aliphatic heterocycles. The van der Waals surface area contributed by atoms with Crippen LogP contribution in [0.15, 0.2) is 16.7 Å². The molecular weight excluding hydrogens is 549 g/mol. The number of aromatic nitrogens is 6. The molecule has 4 rings (SSSR count). The van der Waals surface area contributed by atoms with Gasteiger partial charge in [-0.15, -0.1) is 0 Å². The molecule has 0 saturated heterocycles. The Morgan fingerprint density at radius 3 is 1.21 bits per heavy atom. The summed E-state index contributed by atoms with van der Waals surface area (Å²) in [6.07, 6.45) is -5.71. The van der Waals surface area contributed by atoms with Gasteiger partial charge in [-0.1, -0.05) is 0 Å². The molecule has 0 atom stereocenters. The van der Waals surface area contributed by atoms with Gasteiger partial charge in [-0.2, -0.15) is 70.6 Å². The first kappa shape index (κ1) is 26.4. The predicted octanol–water partition coefficient (Wildman–Crippen LogP) is 3.91. The number of halogens is 9. The van der Waals surface area contributed by atoms with Crippen molar-refractivity contribution < 1.29 is 39.5 Å². The zero-order valence-electron chi connectivity index (χ0n) is 17.9. The SMILES string of the molecule is [C-]#[N+]C(=C1C(=C(\C#N)c2nc(F)nc(F)c2F)/C1=C(\C#N)c1nc(F)nc(F)c1F)c1nc(F)nc(F)c1F. The van der Waals surface area contributed by atoms with Crippen LogP contribution in [0, 0.1) is 82.8 Å². The summed E-state index contributed by atoms with van der Waals surface area (Å²) in [7, 11) is 0. The molecule has 192 valence electrons. The minimum absolute atomic E-state index is 0.894. The predicted molar refractivity (Wildman–Crippen MR) is 104 cm³/mol. The van der Waals surface area contributed by atoms with Crippen molar-refractivity contribution in [2.45, 2.75) is 0 Å². The number of allylic oxidation sites excluding steroid dienone is 5. The second kappa shape index (κ2) is 9.64. The minimum Gasteiger partial charge on any atom is -0.235 e. The molecule has 0 N–H and O–H groups in total. The molecule has 0 aromatic carbocycles. The van der Waals surface area contributed by atoms with E-state index in [4.69, 9.17) is 6.57 Å². The van der Waals surface area contributed by atoms with Crippen LogP contribution in [-0.2, 0) is 0 Å². The number of nitrogens with zero attached hydrogens (tertiary/aromatic N) is 9. The lowest BCUT2D eigenvalue weighted by Crippen LogP contribution is -2.05. The van der Waals surface area contributed by atoms with Gasteiger partial charge in [0, 0.05) is 16.7 Å². The van der Waals surface area contributed by atoms with Crippen molar-refractivity contribution in [1.82, 2.24) is 29.9 Å². The van der Waals surface area contributed by atoms with E-state index < -0.39 is 104 Å². The van der Waals surface area contributed by atoms with Crippen LogP contribution in [0.2, 0.25) is 0 Å². The highest BCUT2D eigenvalue weighted by Crippen LogP contribution is 2.56. The van der Waals surface area contributed by atoms with Crippen LogP contribution in [-0.4, -0.2) is 29.9 Å². The third-order valence-electron chi connectivity index (χ3n) is 4.81. The van der Waals surface area contributed by atoms with Crippen molar-refractivity contribution in [3.05, 3.63) is 98.7 Å². The molecule has 0 unspecified atom stereocenters. The summed E-state index contributed by atoms with van der Waals surface area (Å²) in [5.41, 5.74) is -10.6. The van der Waals surface area contributed by atoms with E-state index in [1.165, 1.54) is 12.1 Å². The van der Waals surface area contributed by atoms with E-state index in [1.54, 1.807) is 0 Å². The zero-order chi connectivity index (χ0) is 28.8. The van der Waals surface area contributed by atoms with E-state index in [-0.39, 0.29) is 0 Å². The molecular formula is C21F9N9. The van der Waals surface area contributed by atoms with Crippen LogP contribution in [0.25, 0.3) is 21.7 Å². The summed E-state index contributed by atoms with van der Waals surface area (Å²) < 4.78 is 126. The first-order valence-corrected chi connectivity index (χ1v) is 9.53. The maximum Gasteiger partial charge on any atom is 0.312 e. The standard InChI is InChI=1S/C21F9N9/c1-33-14(15-11(24)18(27)39-21(30)36-15)8-6(4(2-31)12-9(22)16(25)37-19(28)34-12)7(8)5(3-32)13-10(23)17(26)38-20(29)35-13/b6-4-,7-5+,14-8?. The second-order valence-corrected chi connectivity index (χ2v) is 6.90. The van der Waals surface area contributed by atoms with Crippen molar-refractivity contribution >= 4 is 16.8 Å². The first-order chi connectivity index (χ1) is 18.4. The van der Waals surface area contributed by atoms with Gasteiger partial charge in [-0.3, -0.25) is 0 Å². The molecule has 9 nitrogen and oxygen atoms in total. The third-order valence-corrected chi connectivity index (χ3v) is 4.81. The van der Waals surface area contributed by atoms with Crippen molar-refractivity contribution in [3.63, 3.8) is 0 Å². The lowest BCUT2D eigenvalue weighted by molar-refractivity contribution is 0.423. The average Bonchev–Trinajstić information content (AvgIpc) is 3.58. The van der Waals surface area contributed by atoms with Gasteiger partial charge in [0.25, 0.3) is 17.8 Å². The number of nitriles is 2. The Labute approximate surface area is 208 Å². The minimum atomic E-state index is -2.11. The quantitative estimate of drug-likeness (QED) is 0.158. The maximum atomic E-state index is 14.4. The number of hydrogen-bond acceptors (Lipinski definition) is 8. The fraction of sp³-hybridized carbons (Fsp3) is 0. The Morgan fingerprint density at radius 2 is 0.872 bits per heavy atom. The van der Waals surface area contributed by atoms with E-state index in [0.717, 1.165) is 0 Å². The summed E-state index contributed by atoms with van der Waals surface area (Å²) in [6.45, 7) is 7.36. The molecule has 0 bridgehead atoms. The van der Waals surface area contributed by atoms with Gasteiger partial charge in [0.05, 0.1) is 17.7 Å². The molecule has 1 fully saturated rings. The van der Waals surface area contributed by atoms with E-state index in [0.29, 0.717) is 0 Å². The number of rotatable bonds is 3. The van der Waals surface area contributed by atoms with Crippen molar-refractivity contribution in [2.75, 3.05) is 0 Å². The highest BCUT2D eigenvalue weighted by atomic mass is 19.2. The van der Waals surface area contributed by atoms with Crippen LogP contribution in [0.1, 0.15) is 17.1 Å². The Morgan fingerprint density at radius 1 is 0.538 bits per heavy atom. The molecule has 18 heteroatoms. The van der Waals surface area contributed by atoms with Gasteiger partial charge in [-0.05, 0) is 0 Å². The lowest BCUT2D eigenvalue weighted by atomic mass is 10.1. The van der Waals surface area contributed by atoms with Gasteiger partial charge >= 0.3 is 18.2 Å². The monoisotopic (exact) mass is 549 g/mol. The largest absolute Gasteiger partial charge is 0.312 e. The van der Waals surface area contributed by atoms with Crippen LogP contribution >= 0.6 is 0 Å². The molecule has 3 heterocycles. The highest BCUT2D eigenvalue weighted by molar-refractivity contribution is 6.10. The zero-order valence-corrected chi connectivity index (χ0v) is 17.9. The smallest absolute Gasteiger partial charge is 0.235 e. The Kier molecular flexibility index (Phi) is 6.52. The molecule has 39 heavy (non-hydrogen) atoms. The maximum absolute atomic E-state index is 14.4. The molecule has 1 saturated carbocycles. The van der Waals surface area contributed by atoms with Gasteiger partial charge < -0.3 is 0 Å². The summed E-state index contributed by atoms with van der Waals surface area (Å²) in [5, 5.41) is 19.3. The van der Waals surface area contributed by atoms with Crippen LogP contribution < -0.4 is 0 Å². The van der Waals surface area contributed by atoms with Crippen LogP contribution in [0.4, 0.5) is 39.5 Å². The molecule has 0 amide bonds. The Balaban J connectivity index is 2.23.